The maximum Gasteiger partial charge on any atom is 0.124 e. The number of benzene rings is 1. The first-order valence-corrected chi connectivity index (χ1v) is 6.05. The Morgan fingerprint density at radius 3 is 2.69 bits per heavy atom. The Hall–Kier alpha value is -0.520. The fourth-order valence-corrected chi connectivity index (χ4v) is 2.04. The topological polar surface area (TPSA) is 29.3 Å². The van der Waals surface area contributed by atoms with Crippen molar-refractivity contribution < 1.29 is 4.39 Å². The molecule has 16 heavy (non-hydrogen) atoms. The van der Waals surface area contributed by atoms with Gasteiger partial charge < -0.3 is 5.73 Å². The summed E-state index contributed by atoms with van der Waals surface area (Å²) in [7, 11) is 1.91. The minimum atomic E-state index is -0.249. The van der Waals surface area contributed by atoms with Gasteiger partial charge in [-0.05, 0) is 37.7 Å². The highest BCUT2D eigenvalue weighted by Crippen LogP contribution is 2.16. The summed E-state index contributed by atoms with van der Waals surface area (Å²) in [6.07, 6.45) is 0. The van der Waals surface area contributed by atoms with Crippen LogP contribution in [0, 0.1) is 5.82 Å². The van der Waals surface area contributed by atoms with Gasteiger partial charge in [0.15, 0.2) is 0 Å². The molecule has 0 aliphatic rings. The molecule has 1 aromatic rings. The molecule has 0 aliphatic heterocycles. The van der Waals surface area contributed by atoms with E-state index in [1.165, 1.54) is 12.1 Å². The van der Waals surface area contributed by atoms with Crippen LogP contribution in [-0.2, 0) is 6.54 Å². The van der Waals surface area contributed by atoms with Gasteiger partial charge >= 0.3 is 0 Å². The van der Waals surface area contributed by atoms with Crippen molar-refractivity contribution in [3.05, 3.63) is 34.1 Å². The van der Waals surface area contributed by atoms with Crippen LogP contribution in [0.1, 0.15) is 12.5 Å². The molecule has 1 rings (SSSR count). The minimum Gasteiger partial charge on any atom is -0.392 e. The van der Waals surface area contributed by atoms with Crippen LogP contribution >= 0.6 is 28.1 Å². The van der Waals surface area contributed by atoms with Crippen molar-refractivity contribution in [1.82, 2.24) is 4.90 Å². The summed E-state index contributed by atoms with van der Waals surface area (Å²) in [5.41, 5.74) is 6.44. The monoisotopic (exact) mass is 304 g/mol. The first kappa shape index (κ1) is 13.5. The SMILES string of the molecule is CC(C(N)=S)N(C)Cc1cc(F)cc(Br)c1. The molecule has 0 saturated carbocycles. The summed E-state index contributed by atoms with van der Waals surface area (Å²) in [6.45, 7) is 2.53. The normalized spacial score (nSPS) is 12.8. The fourth-order valence-electron chi connectivity index (χ4n) is 1.34. The lowest BCUT2D eigenvalue weighted by atomic mass is 10.2. The van der Waals surface area contributed by atoms with Crippen molar-refractivity contribution >= 4 is 33.1 Å². The number of rotatable bonds is 4. The predicted molar refractivity (Wildman–Crippen MR) is 71.8 cm³/mol. The summed E-state index contributed by atoms with van der Waals surface area (Å²) in [5.74, 6) is -0.249. The Bertz CT molecular complexity index is 377. The number of nitrogens with zero attached hydrogens (tertiary/aromatic N) is 1. The molecule has 0 aliphatic carbocycles. The number of hydrogen-bond acceptors (Lipinski definition) is 2. The molecular formula is C11H14BrFN2S. The fraction of sp³-hybridized carbons (Fsp3) is 0.364. The van der Waals surface area contributed by atoms with E-state index in [0.29, 0.717) is 11.5 Å². The van der Waals surface area contributed by atoms with Crippen LogP contribution in [0.5, 0.6) is 0 Å². The Morgan fingerprint density at radius 2 is 2.19 bits per heavy atom. The number of likely N-dealkylation sites (N-methyl/N-ethyl adjacent to an activating group) is 1. The lowest BCUT2D eigenvalue weighted by molar-refractivity contribution is 0.304. The zero-order chi connectivity index (χ0) is 12.3. The summed E-state index contributed by atoms with van der Waals surface area (Å²) in [5, 5.41) is 0. The predicted octanol–water partition coefficient (Wildman–Crippen LogP) is 2.69. The zero-order valence-corrected chi connectivity index (χ0v) is 11.6. The highest BCUT2D eigenvalue weighted by molar-refractivity contribution is 9.10. The second-order valence-corrected chi connectivity index (χ2v) is 5.16. The van der Waals surface area contributed by atoms with Crippen molar-refractivity contribution in [2.45, 2.75) is 19.5 Å². The van der Waals surface area contributed by atoms with Gasteiger partial charge in [-0.3, -0.25) is 4.90 Å². The van der Waals surface area contributed by atoms with E-state index in [2.05, 4.69) is 15.9 Å². The third-order valence-corrected chi connectivity index (χ3v) is 3.23. The molecular weight excluding hydrogens is 291 g/mol. The van der Waals surface area contributed by atoms with Gasteiger partial charge in [0.05, 0.1) is 11.0 Å². The van der Waals surface area contributed by atoms with E-state index < -0.39 is 0 Å². The lowest BCUT2D eigenvalue weighted by Crippen LogP contribution is -2.38. The van der Waals surface area contributed by atoms with Crippen LogP contribution in [0.15, 0.2) is 22.7 Å². The van der Waals surface area contributed by atoms with E-state index in [4.69, 9.17) is 18.0 Å². The lowest BCUT2D eigenvalue weighted by Gasteiger charge is -2.23. The van der Waals surface area contributed by atoms with Crippen LogP contribution in [0.3, 0.4) is 0 Å². The smallest absolute Gasteiger partial charge is 0.124 e. The Labute approximate surface area is 109 Å². The molecule has 0 spiro atoms. The molecule has 88 valence electrons. The molecule has 0 amide bonds. The molecule has 0 saturated heterocycles. The van der Waals surface area contributed by atoms with E-state index in [1.54, 1.807) is 0 Å². The number of hydrogen-bond donors (Lipinski definition) is 1. The van der Waals surface area contributed by atoms with Crippen molar-refractivity contribution in [3.8, 4) is 0 Å². The van der Waals surface area contributed by atoms with E-state index in [1.807, 2.05) is 24.9 Å². The first-order valence-electron chi connectivity index (χ1n) is 4.84. The van der Waals surface area contributed by atoms with Crippen LogP contribution in [-0.4, -0.2) is 23.0 Å². The van der Waals surface area contributed by atoms with Gasteiger partial charge in [-0.2, -0.15) is 0 Å². The van der Waals surface area contributed by atoms with Gasteiger partial charge in [-0.15, -0.1) is 0 Å². The van der Waals surface area contributed by atoms with Crippen molar-refractivity contribution in [1.29, 1.82) is 0 Å². The van der Waals surface area contributed by atoms with Crippen LogP contribution in [0.25, 0.3) is 0 Å². The molecule has 0 aromatic heterocycles. The van der Waals surface area contributed by atoms with Gasteiger partial charge in [-0.25, -0.2) is 4.39 Å². The van der Waals surface area contributed by atoms with Gasteiger partial charge in [0.2, 0.25) is 0 Å². The minimum absolute atomic E-state index is 0.00274. The molecule has 2 nitrogen and oxygen atoms in total. The van der Waals surface area contributed by atoms with Gasteiger partial charge in [0.1, 0.15) is 5.82 Å². The molecule has 0 fully saturated rings. The van der Waals surface area contributed by atoms with Gasteiger partial charge in [-0.1, -0.05) is 28.1 Å². The summed E-state index contributed by atoms with van der Waals surface area (Å²) in [4.78, 5) is 2.42. The second-order valence-electron chi connectivity index (χ2n) is 3.77. The molecule has 1 unspecified atom stereocenters. The molecule has 0 bridgehead atoms. The first-order chi connectivity index (χ1) is 7.40. The Morgan fingerprint density at radius 1 is 1.56 bits per heavy atom. The standard InChI is InChI=1S/C11H14BrFN2S/c1-7(11(14)16)15(2)6-8-3-9(12)5-10(13)4-8/h3-5,7H,6H2,1-2H3,(H2,14,16). The third-order valence-electron chi connectivity index (χ3n) is 2.43. The largest absolute Gasteiger partial charge is 0.392 e. The molecule has 0 heterocycles. The molecule has 0 radical (unpaired) electrons. The van der Waals surface area contributed by atoms with Crippen molar-refractivity contribution in [3.63, 3.8) is 0 Å². The van der Waals surface area contributed by atoms with Crippen LogP contribution in [0.4, 0.5) is 4.39 Å². The quantitative estimate of drug-likeness (QED) is 0.867. The zero-order valence-electron chi connectivity index (χ0n) is 9.21. The Balaban J connectivity index is 2.76. The van der Waals surface area contributed by atoms with Crippen LogP contribution < -0.4 is 5.73 Å². The number of thiocarbonyl (C=S) groups is 1. The Kier molecular flexibility index (Phi) is 4.83. The molecule has 1 aromatic carbocycles. The van der Waals surface area contributed by atoms with Crippen LogP contribution in [0.2, 0.25) is 0 Å². The van der Waals surface area contributed by atoms with Gasteiger partial charge in [0.25, 0.3) is 0 Å². The number of halogens is 2. The average molecular weight is 305 g/mol. The van der Waals surface area contributed by atoms with Crippen molar-refractivity contribution in [2.24, 2.45) is 5.73 Å². The average Bonchev–Trinajstić information content (AvgIpc) is 2.14. The summed E-state index contributed by atoms with van der Waals surface area (Å²) >= 11 is 8.17. The molecule has 1 atom stereocenters. The maximum atomic E-state index is 13.1. The highest BCUT2D eigenvalue weighted by atomic mass is 79.9. The molecule has 5 heteroatoms. The van der Waals surface area contributed by atoms with Crippen molar-refractivity contribution in [2.75, 3.05) is 7.05 Å². The van der Waals surface area contributed by atoms with E-state index in [9.17, 15) is 4.39 Å². The van der Waals surface area contributed by atoms with Gasteiger partial charge in [0, 0.05) is 11.0 Å². The molecule has 2 N–H and O–H groups in total. The second kappa shape index (κ2) is 5.70. The highest BCUT2D eigenvalue weighted by Gasteiger charge is 2.12. The summed E-state index contributed by atoms with van der Waals surface area (Å²) in [6, 6.07) is 4.82. The summed E-state index contributed by atoms with van der Waals surface area (Å²) < 4.78 is 13.9. The van der Waals surface area contributed by atoms with E-state index >= 15 is 0 Å². The third kappa shape index (κ3) is 3.81. The maximum absolute atomic E-state index is 13.1. The van der Waals surface area contributed by atoms with E-state index in [-0.39, 0.29) is 11.9 Å². The van der Waals surface area contributed by atoms with E-state index in [0.717, 1.165) is 10.0 Å². The number of nitrogens with two attached hydrogens (primary N) is 1.